The van der Waals surface area contributed by atoms with Crippen molar-refractivity contribution < 1.29 is 17.9 Å². The first-order valence-corrected chi connectivity index (χ1v) is 8.53. The van der Waals surface area contributed by atoms with Crippen LogP contribution in [0, 0.1) is 6.92 Å². The van der Waals surface area contributed by atoms with Gasteiger partial charge in [-0.3, -0.25) is 4.79 Å². The molecule has 5 nitrogen and oxygen atoms in total. The molecular formula is C16H17NO4S. The normalized spacial score (nSPS) is 11.0. The van der Waals surface area contributed by atoms with Crippen molar-refractivity contribution in [2.75, 3.05) is 18.2 Å². The van der Waals surface area contributed by atoms with Crippen LogP contribution < -0.4 is 10.1 Å². The largest absolute Gasteiger partial charge is 0.484 e. The lowest BCUT2D eigenvalue weighted by molar-refractivity contribution is -0.118. The molecule has 1 amide bonds. The molecule has 0 saturated heterocycles. The number of anilines is 1. The summed E-state index contributed by atoms with van der Waals surface area (Å²) in [6.45, 7) is 1.79. The molecule has 2 aromatic carbocycles. The van der Waals surface area contributed by atoms with Gasteiger partial charge >= 0.3 is 0 Å². The monoisotopic (exact) mass is 319 g/mol. The van der Waals surface area contributed by atoms with Crippen molar-refractivity contribution in [2.24, 2.45) is 0 Å². The topological polar surface area (TPSA) is 72.5 Å². The van der Waals surface area contributed by atoms with E-state index in [0.717, 1.165) is 11.8 Å². The number of benzene rings is 2. The van der Waals surface area contributed by atoms with Crippen LogP contribution in [0.3, 0.4) is 0 Å². The maximum absolute atomic E-state index is 11.8. The maximum Gasteiger partial charge on any atom is 0.262 e. The van der Waals surface area contributed by atoms with E-state index in [1.807, 2.05) is 25.1 Å². The number of hydrogen-bond donors (Lipinski definition) is 1. The second kappa shape index (κ2) is 6.62. The number of carbonyl (C=O) groups excluding carboxylic acids is 1. The third-order valence-electron chi connectivity index (χ3n) is 2.91. The molecule has 0 bridgehead atoms. The van der Waals surface area contributed by atoms with Crippen LogP contribution >= 0.6 is 0 Å². The molecule has 0 aliphatic rings. The van der Waals surface area contributed by atoms with Crippen LogP contribution in [0.5, 0.6) is 5.75 Å². The van der Waals surface area contributed by atoms with Crippen LogP contribution in [0.1, 0.15) is 5.56 Å². The predicted molar refractivity (Wildman–Crippen MR) is 84.9 cm³/mol. The molecule has 0 radical (unpaired) electrons. The van der Waals surface area contributed by atoms with E-state index in [1.54, 1.807) is 18.2 Å². The second-order valence-electron chi connectivity index (χ2n) is 4.95. The van der Waals surface area contributed by atoms with Gasteiger partial charge in [0.25, 0.3) is 5.91 Å². The summed E-state index contributed by atoms with van der Waals surface area (Å²) in [5, 5.41) is 2.61. The molecule has 0 aromatic heterocycles. The molecule has 0 fully saturated rings. The van der Waals surface area contributed by atoms with Crippen molar-refractivity contribution in [1.82, 2.24) is 0 Å². The van der Waals surface area contributed by atoms with Gasteiger partial charge in [-0.1, -0.05) is 18.2 Å². The van der Waals surface area contributed by atoms with Gasteiger partial charge in [0.15, 0.2) is 16.4 Å². The highest BCUT2D eigenvalue weighted by Gasteiger charge is 2.09. The summed E-state index contributed by atoms with van der Waals surface area (Å²) in [4.78, 5) is 12.0. The molecule has 0 heterocycles. The number of sulfone groups is 1. The van der Waals surface area contributed by atoms with Gasteiger partial charge in [0.1, 0.15) is 5.75 Å². The number of carbonyl (C=O) groups is 1. The highest BCUT2D eigenvalue weighted by Crippen LogP contribution is 2.16. The van der Waals surface area contributed by atoms with Crippen molar-refractivity contribution >= 4 is 21.4 Å². The van der Waals surface area contributed by atoms with Crippen LogP contribution in [0.4, 0.5) is 5.69 Å². The molecule has 2 aromatic rings. The first-order chi connectivity index (χ1) is 10.3. The lowest BCUT2D eigenvalue weighted by Crippen LogP contribution is -2.20. The Morgan fingerprint density at radius 2 is 1.86 bits per heavy atom. The molecular weight excluding hydrogens is 302 g/mol. The lowest BCUT2D eigenvalue weighted by Gasteiger charge is -2.09. The third kappa shape index (κ3) is 4.60. The van der Waals surface area contributed by atoms with Crippen LogP contribution in [0.15, 0.2) is 53.4 Å². The van der Waals surface area contributed by atoms with Crippen molar-refractivity contribution in [3.05, 3.63) is 54.1 Å². The van der Waals surface area contributed by atoms with Crippen molar-refractivity contribution in [3.8, 4) is 5.75 Å². The van der Waals surface area contributed by atoms with Gasteiger partial charge in [-0.15, -0.1) is 0 Å². The second-order valence-corrected chi connectivity index (χ2v) is 6.97. The summed E-state index contributed by atoms with van der Waals surface area (Å²) < 4.78 is 28.3. The molecule has 2 rings (SSSR count). The van der Waals surface area contributed by atoms with Gasteiger partial charge in [0, 0.05) is 11.9 Å². The maximum atomic E-state index is 11.8. The first kappa shape index (κ1) is 16.0. The van der Waals surface area contributed by atoms with E-state index < -0.39 is 9.84 Å². The van der Waals surface area contributed by atoms with Gasteiger partial charge < -0.3 is 10.1 Å². The molecule has 0 aliphatic heterocycles. The van der Waals surface area contributed by atoms with Gasteiger partial charge in [0.2, 0.25) is 0 Å². The zero-order valence-corrected chi connectivity index (χ0v) is 13.2. The molecule has 6 heteroatoms. The zero-order chi connectivity index (χ0) is 16.2. The van der Waals surface area contributed by atoms with Gasteiger partial charge in [-0.25, -0.2) is 8.42 Å². The quantitative estimate of drug-likeness (QED) is 0.918. The van der Waals surface area contributed by atoms with Crippen LogP contribution in [0.25, 0.3) is 0 Å². The molecule has 22 heavy (non-hydrogen) atoms. The predicted octanol–water partition coefficient (Wildman–Crippen LogP) is 2.42. The molecule has 0 spiro atoms. The Labute approximate surface area is 129 Å². The minimum Gasteiger partial charge on any atom is -0.484 e. The zero-order valence-electron chi connectivity index (χ0n) is 12.4. The Kier molecular flexibility index (Phi) is 4.82. The van der Waals surface area contributed by atoms with E-state index in [-0.39, 0.29) is 17.4 Å². The third-order valence-corrected chi connectivity index (χ3v) is 4.02. The van der Waals surface area contributed by atoms with Gasteiger partial charge in [-0.2, -0.15) is 0 Å². The Bertz CT molecular complexity index is 784. The highest BCUT2D eigenvalue weighted by atomic mass is 32.2. The minimum absolute atomic E-state index is 0.146. The fourth-order valence-electron chi connectivity index (χ4n) is 1.86. The lowest BCUT2D eigenvalue weighted by atomic mass is 10.2. The Morgan fingerprint density at radius 1 is 1.14 bits per heavy atom. The number of rotatable bonds is 5. The Balaban J connectivity index is 1.98. The number of amides is 1. The first-order valence-electron chi connectivity index (χ1n) is 6.64. The molecule has 0 aliphatic carbocycles. The van der Waals surface area contributed by atoms with Gasteiger partial charge in [-0.05, 0) is 42.8 Å². The summed E-state index contributed by atoms with van der Waals surface area (Å²) >= 11 is 0. The SMILES string of the molecule is Cc1cccc(OCC(=O)Nc2cccc(S(C)(=O)=O)c2)c1. The summed E-state index contributed by atoms with van der Waals surface area (Å²) in [5.74, 6) is 0.257. The summed E-state index contributed by atoms with van der Waals surface area (Å²) in [5.41, 5.74) is 1.46. The summed E-state index contributed by atoms with van der Waals surface area (Å²) in [6, 6.07) is 13.5. The van der Waals surface area contributed by atoms with Crippen LogP contribution in [-0.2, 0) is 14.6 Å². The minimum atomic E-state index is -3.30. The Morgan fingerprint density at radius 3 is 2.55 bits per heavy atom. The number of hydrogen-bond acceptors (Lipinski definition) is 4. The average molecular weight is 319 g/mol. The van der Waals surface area contributed by atoms with E-state index in [4.69, 9.17) is 4.74 Å². The average Bonchev–Trinajstić information content (AvgIpc) is 2.45. The van der Waals surface area contributed by atoms with Crippen molar-refractivity contribution in [3.63, 3.8) is 0 Å². The van der Waals surface area contributed by atoms with Crippen LogP contribution in [-0.4, -0.2) is 27.2 Å². The Hall–Kier alpha value is -2.34. The molecule has 116 valence electrons. The van der Waals surface area contributed by atoms with E-state index in [1.165, 1.54) is 12.1 Å². The number of ether oxygens (including phenoxy) is 1. The van der Waals surface area contributed by atoms with Crippen molar-refractivity contribution in [1.29, 1.82) is 0 Å². The molecule has 0 atom stereocenters. The van der Waals surface area contributed by atoms with E-state index in [9.17, 15) is 13.2 Å². The molecule has 0 unspecified atom stereocenters. The fraction of sp³-hybridized carbons (Fsp3) is 0.188. The summed E-state index contributed by atoms with van der Waals surface area (Å²) in [6.07, 6.45) is 1.12. The molecule has 1 N–H and O–H groups in total. The fourth-order valence-corrected chi connectivity index (χ4v) is 2.52. The number of nitrogens with one attached hydrogen (secondary N) is 1. The van der Waals surface area contributed by atoms with Crippen LogP contribution in [0.2, 0.25) is 0 Å². The molecule has 0 saturated carbocycles. The van der Waals surface area contributed by atoms with E-state index in [0.29, 0.717) is 11.4 Å². The smallest absolute Gasteiger partial charge is 0.262 e. The summed E-state index contributed by atoms with van der Waals surface area (Å²) in [7, 11) is -3.30. The standard InChI is InChI=1S/C16H17NO4S/c1-12-5-3-7-14(9-12)21-11-16(18)17-13-6-4-8-15(10-13)22(2,19)20/h3-10H,11H2,1-2H3,(H,17,18). The van der Waals surface area contributed by atoms with E-state index in [2.05, 4.69) is 5.32 Å². The van der Waals surface area contributed by atoms with E-state index >= 15 is 0 Å². The number of aryl methyl sites for hydroxylation is 1. The van der Waals surface area contributed by atoms with Crippen molar-refractivity contribution in [2.45, 2.75) is 11.8 Å². The van der Waals surface area contributed by atoms with Gasteiger partial charge in [0.05, 0.1) is 4.90 Å². The highest BCUT2D eigenvalue weighted by molar-refractivity contribution is 7.90.